The number of anilines is 2. The molecule has 1 unspecified atom stereocenters. The lowest BCUT2D eigenvalue weighted by atomic mass is 10.2. The van der Waals surface area contributed by atoms with E-state index in [0.717, 1.165) is 0 Å². The van der Waals surface area contributed by atoms with Crippen molar-refractivity contribution in [3.8, 4) is 0 Å². The Hall–Kier alpha value is -2.50. The predicted octanol–water partition coefficient (Wildman–Crippen LogP) is 4.94. The Kier molecular flexibility index (Phi) is 4.93. The van der Waals surface area contributed by atoms with E-state index in [0.29, 0.717) is 11.4 Å². The van der Waals surface area contributed by atoms with Crippen molar-refractivity contribution in [1.82, 2.24) is 0 Å². The standard InChI is InChI=1S/C17H21FN2O3/c1-11(15-6-5-9-22-15)19-14-10-12(7-8-13(14)18)20-16(21)23-17(2,3)4/h5-11,19H,1-4H3,(H,20,21). The van der Waals surface area contributed by atoms with Gasteiger partial charge in [-0.3, -0.25) is 5.32 Å². The maximum Gasteiger partial charge on any atom is 0.412 e. The molecule has 0 saturated heterocycles. The first kappa shape index (κ1) is 16.9. The molecule has 0 radical (unpaired) electrons. The summed E-state index contributed by atoms with van der Waals surface area (Å²) in [6.07, 6.45) is 0.971. The molecule has 1 aromatic heterocycles. The van der Waals surface area contributed by atoms with E-state index in [1.54, 1.807) is 39.2 Å². The van der Waals surface area contributed by atoms with Gasteiger partial charge in [0.2, 0.25) is 0 Å². The van der Waals surface area contributed by atoms with Crippen molar-refractivity contribution in [1.29, 1.82) is 0 Å². The van der Waals surface area contributed by atoms with Gasteiger partial charge in [0.1, 0.15) is 17.2 Å². The highest BCUT2D eigenvalue weighted by molar-refractivity contribution is 5.85. The van der Waals surface area contributed by atoms with Crippen molar-refractivity contribution in [2.45, 2.75) is 39.3 Å². The largest absolute Gasteiger partial charge is 0.467 e. The molecule has 0 spiro atoms. The van der Waals surface area contributed by atoms with Crippen LogP contribution in [0.5, 0.6) is 0 Å². The smallest absolute Gasteiger partial charge is 0.412 e. The third-order valence-electron chi connectivity index (χ3n) is 2.95. The van der Waals surface area contributed by atoms with Crippen LogP contribution in [-0.2, 0) is 4.74 Å². The van der Waals surface area contributed by atoms with E-state index >= 15 is 0 Å². The number of furan rings is 1. The Balaban J connectivity index is 2.08. The molecule has 5 nitrogen and oxygen atoms in total. The van der Waals surface area contributed by atoms with Gasteiger partial charge in [-0.25, -0.2) is 9.18 Å². The van der Waals surface area contributed by atoms with Gasteiger partial charge >= 0.3 is 6.09 Å². The zero-order valence-corrected chi connectivity index (χ0v) is 13.6. The lowest BCUT2D eigenvalue weighted by Crippen LogP contribution is -2.27. The van der Waals surface area contributed by atoms with Crippen molar-refractivity contribution >= 4 is 17.5 Å². The van der Waals surface area contributed by atoms with E-state index in [9.17, 15) is 9.18 Å². The molecule has 0 aliphatic rings. The average molecular weight is 320 g/mol. The zero-order chi connectivity index (χ0) is 17.0. The topological polar surface area (TPSA) is 63.5 Å². The summed E-state index contributed by atoms with van der Waals surface area (Å²) in [7, 11) is 0. The molecule has 0 bridgehead atoms. The van der Waals surface area contributed by atoms with Crippen LogP contribution >= 0.6 is 0 Å². The van der Waals surface area contributed by atoms with Crippen molar-refractivity contribution in [2.24, 2.45) is 0 Å². The molecule has 6 heteroatoms. The van der Waals surface area contributed by atoms with Gasteiger partial charge in [-0.2, -0.15) is 0 Å². The quantitative estimate of drug-likeness (QED) is 0.837. The van der Waals surface area contributed by atoms with Gasteiger partial charge in [0.05, 0.1) is 18.0 Å². The Labute approximate surface area is 134 Å². The molecule has 1 atom stereocenters. The number of rotatable bonds is 4. The molecular formula is C17H21FN2O3. The van der Waals surface area contributed by atoms with E-state index < -0.39 is 17.5 Å². The predicted molar refractivity (Wildman–Crippen MR) is 87.0 cm³/mol. The van der Waals surface area contributed by atoms with Gasteiger partial charge in [-0.15, -0.1) is 0 Å². The van der Waals surface area contributed by atoms with Crippen LogP contribution in [0.4, 0.5) is 20.6 Å². The van der Waals surface area contributed by atoms with Crippen LogP contribution in [0.2, 0.25) is 0 Å². The molecule has 124 valence electrons. The van der Waals surface area contributed by atoms with Crippen LogP contribution in [0.25, 0.3) is 0 Å². The van der Waals surface area contributed by atoms with Gasteiger partial charge in [0.25, 0.3) is 0 Å². The number of hydrogen-bond acceptors (Lipinski definition) is 4. The Morgan fingerprint density at radius 3 is 2.65 bits per heavy atom. The average Bonchev–Trinajstić information content (AvgIpc) is 2.94. The van der Waals surface area contributed by atoms with Gasteiger partial charge in [-0.1, -0.05) is 0 Å². The summed E-state index contributed by atoms with van der Waals surface area (Å²) in [5.41, 5.74) is 0.108. The first-order valence-corrected chi connectivity index (χ1v) is 7.34. The Morgan fingerprint density at radius 1 is 1.30 bits per heavy atom. The molecule has 0 aliphatic heterocycles. The summed E-state index contributed by atoms with van der Waals surface area (Å²) in [6, 6.07) is 7.63. The van der Waals surface area contributed by atoms with Crippen LogP contribution in [0.3, 0.4) is 0 Å². The molecule has 2 N–H and O–H groups in total. The minimum absolute atomic E-state index is 0.212. The van der Waals surface area contributed by atoms with Crippen LogP contribution < -0.4 is 10.6 Å². The number of hydrogen-bond donors (Lipinski definition) is 2. The molecule has 1 amide bonds. The number of amides is 1. The zero-order valence-electron chi connectivity index (χ0n) is 13.6. The summed E-state index contributed by atoms with van der Waals surface area (Å²) in [4.78, 5) is 11.8. The molecular weight excluding hydrogens is 299 g/mol. The van der Waals surface area contributed by atoms with Crippen molar-refractivity contribution in [3.05, 3.63) is 48.2 Å². The number of carbonyl (C=O) groups excluding carboxylic acids is 1. The first-order chi connectivity index (χ1) is 10.7. The second-order valence-corrected chi connectivity index (χ2v) is 6.20. The van der Waals surface area contributed by atoms with Crippen LogP contribution in [0.1, 0.15) is 39.5 Å². The summed E-state index contributed by atoms with van der Waals surface area (Å²) in [5, 5.41) is 5.60. The summed E-state index contributed by atoms with van der Waals surface area (Å²) in [6.45, 7) is 7.17. The van der Waals surface area contributed by atoms with E-state index in [-0.39, 0.29) is 11.7 Å². The SMILES string of the molecule is CC(Nc1cc(NC(=O)OC(C)(C)C)ccc1F)c1ccco1. The molecule has 0 aliphatic carbocycles. The fourth-order valence-electron chi connectivity index (χ4n) is 1.98. The minimum atomic E-state index is -0.598. The third kappa shape index (κ3) is 5.02. The van der Waals surface area contributed by atoms with Crippen molar-refractivity contribution in [2.75, 3.05) is 10.6 Å². The van der Waals surface area contributed by atoms with Crippen molar-refractivity contribution < 1.29 is 18.3 Å². The molecule has 23 heavy (non-hydrogen) atoms. The van der Waals surface area contributed by atoms with Crippen LogP contribution in [-0.4, -0.2) is 11.7 Å². The summed E-state index contributed by atoms with van der Waals surface area (Å²) < 4.78 is 24.4. The first-order valence-electron chi connectivity index (χ1n) is 7.34. The lowest BCUT2D eigenvalue weighted by Gasteiger charge is -2.20. The maximum atomic E-state index is 13.9. The second-order valence-electron chi connectivity index (χ2n) is 6.20. The van der Waals surface area contributed by atoms with Gasteiger partial charge in [0.15, 0.2) is 0 Å². The van der Waals surface area contributed by atoms with Gasteiger partial charge in [0, 0.05) is 5.69 Å². The molecule has 0 fully saturated rings. The highest BCUT2D eigenvalue weighted by atomic mass is 19.1. The van der Waals surface area contributed by atoms with Gasteiger partial charge < -0.3 is 14.5 Å². The number of ether oxygens (including phenoxy) is 1. The molecule has 1 aromatic carbocycles. The molecule has 2 aromatic rings. The molecule has 2 rings (SSSR count). The monoisotopic (exact) mass is 320 g/mol. The van der Waals surface area contributed by atoms with E-state index in [1.807, 2.05) is 6.92 Å². The number of carbonyl (C=O) groups is 1. The number of halogens is 1. The summed E-state index contributed by atoms with van der Waals surface area (Å²) >= 11 is 0. The van der Waals surface area contributed by atoms with Crippen LogP contribution in [0.15, 0.2) is 41.0 Å². The summed E-state index contributed by atoms with van der Waals surface area (Å²) in [5.74, 6) is 0.271. The van der Waals surface area contributed by atoms with E-state index in [1.165, 1.54) is 18.2 Å². The lowest BCUT2D eigenvalue weighted by molar-refractivity contribution is 0.0636. The number of nitrogens with one attached hydrogen (secondary N) is 2. The fourth-order valence-corrected chi connectivity index (χ4v) is 1.98. The number of benzene rings is 1. The second kappa shape index (κ2) is 6.73. The normalized spacial score (nSPS) is 12.6. The Morgan fingerprint density at radius 2 is 2.04 bits per heavy atom. The van der Waals surface area contributed by atoms with Gasteiger partial charge in [-0.05, 0) is 58.0 Å². The molecule has 1 heterocycles. The van der Waals surface area contributed by atoms with E-state index in [2.05, 4.69) is 10.6 Å². The fraction of sp³-hybridized carbons (Fsp3) is 0.353. The van der Waals surface area contributed by atoms with E-state index in [4.69, 9.17) is 9.15 Å². The third-order valence-corrected chi connectivity index (χ3v) is 2.95. The maximum absolute atomic E-state index is 13.9. The minimum Gasteiger partial charge on any atom is -0.467 e. The highest BCUT2D eigenvalue weighted by Crippen LogP contribution is 2.25. The molecule has 0 saturated carbocycles. The highest BCUT2D eigenvalue weighted by Gasteiger charge is 2.17. The van der Waals surface area contributed by atoms with Crippen molar-refractivity contribution in [3.63, 3.8) is 0 Å². The van der Waals surface area contributed by atoms with Crippen LogP contribution in [0, 0.1) is 5.82 Å². The Bertz CT molecular complexity index is 663.